The van der Waals surface area contributed by atoms with E-state index in [1.165, 1.54) is 28.6 Å². The van der Waals surface area contributed by atoms with Gasteiger partial charge < -0.3 is 0 Å². The van der Waals surface area contributed by atoms with Gasteiger partial charge in [-0.1, -0.05) is 0 Å². The van der Waals surface area contributed by atoms with E-state index in [2.05, 4.69) is 73.6 Å². The first-order chi connectivity index (χ1) is 9.25. The van der Waals surface area contributed by atoms with Gasteiger partial charge in [-0.05, 0) is 0 Å². The molecule has 0 bridgehead atoms. The van der Waals surface area contributed by atoms with Crippen LogP contribution in [-0.2, 0) is 6.42 Å². The summed E-state index contributed by atoms with van der Waals surface area (Å²) >= 11 is -0.00525. The van der Waals surface area contributed by atoms with Crippen molar-refractivity contribution in [3.8, 4) is 0 Å². The number of anilines is 1. The average molecular weight is 367 g/mol. The Labute approximate surface area is 126 Å². The Kier molecular flexibility index (Phi) is 5.76. The molecule has 0 unspecified atom stereocenters. The Morgan fingerprint density at radius 3 is 2.21 bits per heavy atom. The molecule has 0 heterocycles. The fourth-order valence-electron chi connectivity index (χ4n) is 1.95. The van der Waals surface area contributed by atoms with E-state index in [-0.39, 0.29) is 20.9 Å². The van der Waals surface area contributed by atoms with Crippen LogP contribution in [0, 0.1) is 0 Å². The molecule has 19 heavy (non-hydrogen) atoms. The van der Waals surface area contributed by atoms with Crippen LogP contribution in [0.3, 0.4) is 0 Å². The van der Waals surface area contributed by atoms with Crippen LogP contribution in [0.1, 0.15) is 12.0 Å². The molecule has 0 aromatic heterocycles. The quantitative estimate of drug-likeness (QED) is 0.560. The summed E-state index contributed by atoms with van der Waals surface area (Å²) in [5.74, 6) is 0. The van der Waals surface area contributed by atoms with Crippen LogP contribution in [0.5, 0.6) is 0 Å². The maximum atomic E-state index is 2.31. The zero-order valence-corrected chi connectivity index (χ0v) is 14.0. The van der Waals surface area contributed by atoms with Crippen LogP contribution in [0.15, 0.2) is 54.6 Å². The van der Waals surface area contributed by atoms with Gasteiger partial charge in [0.25, 0.3) is 0 Å². The molecule has 0 radical (unpaired) electrons. The average Bonchev–Trinajstić information content (AvgIpc) is 2.45. The molecule has 0 aliphatic carbocycles. The summed E-state index contributed by atoms with van der Waals surface area (Å²) in [5, 5.41) is 0. The molecule has 2 aromatic carbocycles. The molecule has 1 nitrogen and oxygen atoms in total. The molecule has 0 fully saturated rings. The summed E-state index contributed by atoms with van der Waals surface area (Å²) in [5.41, 5.74) is 2.76. The molecule has 2 heteroatoms. The molecule has 0 amide bonds. The van der Waals surface area contributed by atoms with E-state index >= 15 is 0 Å². The van der Waals surface area contributed by atoms with Crippen molar-refractivity contribution in [2.24, 2.45) is 0 Å². The standard InChI is InChI=1S/C17H21NTe/c1-18(2)16-10-12-17(13-11-16)19-14-6-9-15-7-4-3-5-8-15/h3-5,7-8,10-13H,6,9,14H2,1-2H3. The molecule has 2 rings (SSSR count). The molecule has 100 valence electrons. The molecular formula is C17H21NTe. The van der Waals surface area contributed by atoms with Crippen molar-refractivity contribution in [2.45, 2.75) is 17.3 Å². The van der Waals surface area contributed by atoms with Crippen LogP contribution in [0.4, 0.5) is 5.69 Å². The zero-order chi connectivity index (χ0) is 13.5. The number of benzene rings is 2. The molecule has 0 saturated heterocycles. The van der Waals surface area contributed by atoms with Gasteiger partial charge in [-0.3, -0.25) is 0 Å². The summed E-state index contributed by atoms with van der Waals surface area (Å²) in [6.07, 6.45) is 2.54. The molecular weight excluding hydrogens is 346 g/mol. The second-order valence-electron chi connectivity index (χ2n) is 4.83. The first-order valence-corrected chi connectivity index (χ1v) is 9.51. The van der Waals surface area contributed by atoms with E-state index in [4.69, 9.17) is 0 Å². The first kappa shape index (κ1) is 14.4. The number of nitrogens with zero attached hydrogens (tertiary/aromatic N) is 1. The molecule has 0 aliphatic heterocycles. The Morgan fingerprint density at radius 1 is 0.895 bits per heavy atom. The van der Waals surface area contributed by atoms with Gasteiger partial charge in [0.2, 0.25) is 0 Å². The van der Waals surface area contributed by atoms with Crippen molar-refractivity contribution in [1.29, 1.82) is 0 Å². The summed E-state index contributed by atoms with van der Waals surface area (Å²) in [4.78, 5) is 2.15. The predicted molar refractivity (Wildman–Crippen MR) is 85.7 cm³/mol. The molecule has 0 N–H and O–H groups in total. The normalized spacial score (nSPS) is 10.4. The number of hydrogen-bond acceptors (Lipinski definition) is 1. The van der Waals surface area contributed by atoms with Gasteiger partial charge in [0, 0.05) is 0 Å². The summed E-state index contributed by atoms with van der Waals surface area (Å²) in [6, 6.07) is 19.9. The number of aryl methyl sites for hydroxylation is 1. The molecule has 0 spiro atoms. The van der Waals surface area contributed by atoms with E-state index in [0.29, 0.717) is 0 Å². The van der Waals surface area contributed by atoms with Crippen molar-refractivity contribution in [3.05, 3.63) is 60.2 Å². The number of hydrogen-bond donors (Lipinski definition) is 0. The zero-order valence-electron chi connectivity index (χ0n) is 11.7. The second kappa shape index (κ2) is 7.58. The Bertz CT molecular complexity index is 476. The van der Waals surface area contributed by atoms with E-state index < -0.39 is 0 Å². The van der Waals surface area contributed by atoms with Gasteiger partial charge in [-0.15, -0.1) is 0 Å². The molecule has 2 aromatic rings. The third kappa shape index (κ3) is 4.90. The van der Waals surface area contributed by atoms with Crippen molar-refractivity contribution in [1.82, 2.24) is 0 Å². The van der Waals surface area contributed by atoms with Crippen LogP contribution in [-0.4, -0.2) is 35.0 Å². The molecule has 0 aliphatic rings. The Hall–Kier alpha value is -0.970. The van der Waals surface area contributed by atoms with Gasteiger partial charge >= 0.3 is 127 Å². The third-order valence-corrected chi connectivity index (χ3v) is 6.21. The summed E-state index contributed by atoms with van der Waals surface area (Å²) < 4.78 is 2.96. The monoisotopic (exact) mass is 369 g/mol. The van der Waals surface area contributed by atoms with Gasteiger partial charge in [-0.25, -0.2) is 0 Å². The maximum absolute atomic E-state index is 2.31. The van der Waals surface area contributed by atoms with Gasteiger partial charge in [0.15, 0.2) is 0 Å². The van der Waals surface area contributed by atoms with E-state index in [1.807, 2.05) is 0 Å². The minimum absolute atomic E-state index is 0.00525. The first-order valence-electron chi connectivity index (χ1n) is 6.70. The van der Waals surface area contributed by atoms with E-state index in [1.54, 1.807) is 3.61 Å². The number of rotatable bonds is 6. The summed E-state index contributed by atoms with van der Waals surface area (Å²) in [6.45, 7) is 0. The van der Waals surface area contributed by atoms with Gasteiger partial charge in [-0.2, -0.15) is 0 Å². The van der Waals surface area contributed by atoms with E-state index in [0.717, 1.165) is 0 Å². The van der Waals surface area contributed by atoms with Crippen LogP contribution < -0.4 is 8.51 Å². The van der Waals surface area contributed by atoms with Gasteiger partial charge in [0.05, 0.1) is 0 Å². The fourth-order valence-corrected chi connectivity index (χ4v) is 4.39. The topological polar surface area (TPSA) is 3.24 Å². The van der Waals surface area contributed by atoms with Crippen LogP contribution in [0.25, 0.3) is 0 Å². The van der Waals surface area contributed by atoms with Crippen LogP contribution in [0.2, 0.25) is 4.47 Å². The Balaban J connectivity index is 1.74. The van der Waals surface area contributed by atoms with Crippen LogP contribution >= 0.6 is 0 Å². The van der Waals surface area contributed by atoms with Crippen molar-refractivity contribution in [2.75, 3.05) is 19.0 Å². The second-order valence-corrected chi connectivity index (χ2v) is 8.16. The summed E-state index contributed by atoms with van der Waals surface area (Å²) in [7, 11) is 4.18. The molecule has 0 saturated carbocycles. The minimum atomic E-state index is -0.00525. The fraction of sp³-hybridized carbons (Fsp3) is 0.294. The van der Waals surface area contributed by atoms with Crippen molar-refractivity contribution in [3.63, 3.8) is 0 Å². The van der Waals surface area contributed by atoms with Crippen molar-refractivity contribution >= 4 is 30.2 Å². The van der Waals surface area contributed by atoms with Gasteiger partial charge in [0.1, 0.15) is 0 Å². The molecule has 0 atom stereocenters. The predicted octanol–water partition coefficient (Wildman–Crippen LogP) is 3.13. The van der Waals surface area contributed by atoms with E-state index in [9.17, 15) is 0 Å². The third-order valence-electron chi connectivity index (χ3n) is 3.07. The Morgan fingerprint density at radius 2 is 1.58 bits per heavy atom. The SMILES string of the molecule is CN(C)c1ccc([Te]CCCc2ccccc2)cc1. The van der Waals surface area contributed by atoms with Crippen molar-refractivity contribution < 1.29 is 0 Å².